The van der Waals surface area contributed by atoms with Gasteiger partial charge in [0.2, 0.25) is 0 Å². The van der Waals surface area contributed by atoms with E-state index in [0.29, 0.717) is 5.82 Å². The van der Waals surface area contributed by atoms with Crippen molar-refractivity contribution in [3.63, 3.8) is 0 Å². The molecule has 0 bridgehead atoms. The zero-order chi connectivity index (χ0) is 11.4. The number of nitro groups is 1. The third kappa shape index (κ3) is 2.74. The summed E-state index contributed by atoms with van der Waals surface area (Å²) in [4.78, 5) is 13.9. The van der Waals surface area contributed by atoms with Gasteiger partial charge in [-0.15, -0.1) is 0 Å². The predicted molar refractivity (Wildman–Crippen MR) is 51.5 cm³/mol. The van der Waals surface area contributed by atoms with Gasteiger partial charge < -0.3 is 20.0 Å². The summed E-state index contributed by atoms with van der Waals surface area (Å²) in [7, 11) is 1.46. The van der Waals surface area contributed by atoms with Crippen LogP contribution in [0.1, 0.15) is 5.82 Å². The molecule has 0 saturated heterocycles. The fourth-order valence-corrected chi connectivity index (χ4v) is 1.28. The molecule has 7 nitrogen and oxygen atoms in total. The van der Waals surface area contributed by atoms with Gasteiger partial charge in [-0.05, 0) is 4.92 Å². The van der Waals surface area contributed by atoms with Gasteiger partial charge in [0.1, 0.15) is 18.8 Å². The van der Waals surface area contributed by atoms with E-state index >= 15 is 0 Å². The number of aromatic nitrogens is 2. The number of imidazole rings is 1. The third-order valence-corrected chi connectivity index (χ3v) is 1.97. The molecule has 7 heteroatoms. The zero-order valence-electron chi connectivity index (χ0n) is 8.58. The highest BCUT2D eigenvalue weighted by atomic mass is 16.6. The highest BCUT2D eigenvalue weighted by Gasteiger charge is 2.20. The van der Waals surface area contributed by atoms with E-state index in [-0.39, 0.29) is 19.0 Å². The number of aliphatic hydroxyl groups excluding tert-OH is 1. The minimum Gasteiger partial charge on any atom is -0.387 e. The van der Waals surface area contributed by atoms with Crippen molar-refractivity contribution < 1.29 is 14.8 Å². The number of nitrogens with zero attached hydrogens (tertiary/aromatic N) is 3. The molecule has 15 heavy (non-hydrogen) atoms. The maximum absolute atomic E-state index is 10.6. The van der Waals surface area contributed by atoms with Gasteiger partial charge >= 0.3 is 5.82 Å². The molecule has 0 amide bonds. The lowest BCUT2D eigenvalue weighted by Gasteiger charge is -2.08. The summed E-state index contributed by atoms with van der Waals surface area (Å²) >= 11 is 0. The number of rotatable bonds is 5. The van der Waals surface area contributed by atoms with Crippen LogP contribution in [0.2, 0.25) is 0 Å². The van der Waals surface area contributed by atoms with E-state index in [1.165, 1.54) is 17.9 Å². The number of hydrogen-bond acceptors (Lipinski definition) is 5. The van der Waals surface area contributed by atoms with E-state index in [9.17, 15) is 15.2 Å². The molecule has 1 atom stereocenters. The number of aliphatic hydroxyl groups is 1. The molecule has 1 rings (SSSR count). The fourth-order valence-electron chi connectivity index (χ4n) is 1.28. The van der Waals surface area contributed by atoms with Crippen molar-refractivity contribution in [2.24, 2.45) is 0 Å². The first-order valence-electron chi connectivity index (χ1n) is 4.39. The van der Waals surface area contributed by atoms with E-state index < -0.39 is 11.0 Å². The van der Waals surface area contributed by atoms with Crippen LogP contribution in [0.15, 0.2) is 6.20 Å². The molecule has 1 heterocycles. The largest absolute Gasteiger partial charge is 0.387 e. The van der Waals surface area contributed by atoms with Crippen LogP contribution < -0.4 is 0 Å². The molecule has 0 radical (unpaired) electrons. The van der Waals surface area contributed by atoms with Crippen molar-refractivity contribution in [3.8, 4) is 0 Å². The molecule has 0 aliphatic rings. The Hall–Kier alpha value is -1.47. The molecule has 84 valence electrons. The number of hydrogen-bond donors (Lipinski definition) is 1. The van der Waals surface area contributed by atoms with E-state index in [1.54, 1.807) is 6.92 Å². The second kappa shape index (κ2) is 4.85. The number of ether oxygens (including phenoxy) is 1. The van der Waals surface area contributed by atoms with Gasteiger partial charge in [0.15, 0.2) is 5.82 Å². The lowest BCUT2D eigenvalue weighted by atomic mass is 10.3. The van der Waals surface area contributed by atoms with Crippen LogP contribution in [0, 0.1) is 17.0 Å². The van der Waals surface area contributed by atoms with Gasteiger partial charge in [-0.3, -0.25) is 0 Å². The van der Waals surface area contributed by atoms with Crippen molar-refractivity contribution >= 4 is 5.82 Å². The Balaban J connectivity index is 2.83. The van der Waals surface area contributed by atoms with Gasteiger partial charge in [0, 0.05) is 14.0 Å². The maximum atomic E-state index is 10.6. The van der Waals surface area contributed by atoms with E-state index in [2.05, 4.69) is 4.98 Å². The average molecular weight is 215 g/mol. The van der Waals surface area contributed by atoms with Crippen molar-refractivity contribution in [3.05, 3.63) is 22.1 Å². The molecular formula is C8H13N3O4. The molecular weight excluding hydrogens is 202 g/mol. The number of aryl methyl sites for hydroxylation is 1. The van der Waals surface area contributed by atoms with Crippen LogP contribution in [0.5, 0.6) is 0 Å². The minimum absolute atomic E-state index is 0.107. The first-order valence-corrected chi connectivity index (χ1v) is 4.39. The van der Waals surface area contributed by atoms with Gasteiger partial charge in [-0.25, -0.2) is 9.55 Å². The lowest BCUT2D eigenvalue weighted by Crippen LogP contribution is -2.22. The molecule has 0 spiro atoms. The molecule has 0 saturated carbocycles. The summed E-state index contributed by atoms with van der Waals surface area (Å²) in [6, 6.07) is 0. The average Bonchev–Trinajstić information content (AvgIpc) is 2.48. The summed E-state index contributed by atoms with van der Waals surface area (Å²) in [5.41, 5.74) is 0. The van der Waals surface area contributed by atoms with Gasteiger partial charge in [-0.2, -0.15) is 0 Å². The predicted octanol–water partition coefficient (Wildman–Crippen LogP) is 0.107. The standard InChI is InChI=1S/C8H13N3O4/c1-6-9-3-8(11(13)14)10(6)4-7(12)5-15-2/h3,7,12H,4-5H2,1-2H3. The van der Waals surface area contributed by atoms with Gasteiger partial charge in [0.05, 0.1) is 6.61 Å². The first-order chi connectivity index (χ1) is 7.06. The second-order valence-electron chi connectivity index (χ2n) is 3.14. The Morgan fingerprint density at radius 1 is 1.80 bits per heavy atom. The molecule has 0 aromatic carbocycles. The lowest BCUT2D eigenvalue weighted by molar-refractivity contribution is -0.392. The summed E-state index contributed by atoms with van der Waals surface area (Å²) in [5, 5.41) is 20.1. The molecule has 0 aliphatic carbocycles. The second-order valence-corrected chi connectivity index (χ2v) is 3.14. The summed E-state index contributed by atoms with van der Waals surface area (Å²) in [6.07, 6.45) is 0.399. The topological polar surface area (TPSA) is 90.4 Å². The molecule has 0 aliphatic heterocycles. The Labute approximate surface area is 86.5 Å². The Morgan fingerprint density at radius 2 is 2.47 bits per heavy atom. The van der Waals surface area contributed by atoms with Crippen LogP contribution in [-0.4, -0.2) is 39.4 Å². The Morgan fingerprint density at radius 3 is 3.00 bits per heavy atom. The van der Waals surface area contributed by atoms with Gasteiger partial charge in [0.25, 0.3) is 0 Å². The van der Waals surface area contributed by atoms with E-state index in [0.717, 1.165) is 0 Å². The van der Waals surface area contributed by atoms with Crippen molar-refractivity contribution in [2.45, 2.75) is 19.6 Å². The van der Waals surface area contributed by atoms with Crippen LogP contribution in [0.4, 0.5) is 5.82 Å². The van der Waals surface area contributed by atoms with E-state index in [1.807, 2.05) is 0 Å². The Bertz CT molecular complexity index is 350. The quantitative estimate of drug-likeness (QED) is 0.556. The summed E-state index contributed by atoms with van der Waals surface area (Å²) in [6.45, 7) is 1.89. The summed E-state index contributed by atoms with van der Waals surface area (Å²) in [5.74, 6) is 0.375. The summed E-state index contributed by atoms with van der Waals surface area (Å²) < 4.78 is 6.09. The van der Waals surface area contributed by atoms with Crippen molar-refractivity contribution in [1.29, 1.82) is 0 Å². The third-order valence-electron chi connectivity index (χ3n) is 1.97. The molecule has 0 fully saturated rings. The number of methoxy groups -OCH3 is 1. The van der Waals surface area contributed by atoms with Crippen LogP contribution in [0.25, 0.3) is 0 Å². The highest BCUT2D eigenvalue weighted by Crippen LogP contribution is 2.14. The van der Waals surface area contributed by atoms with Gasteiger partial charge in [-0.1, -0.05) is 0 Å². The first kappa shape index (κ1) is 11.6. The highest BCUT2D eigenvalue weighted by molar-refractivity contribution is 5.18. The van der Waals surface area contributed by atoms with Crippen LogP contribution >= 0.6 is 0 Å². The SMILES string of the molecule is COCC(O)Cn1c([N+](=O)[O-])cnc1C. The molecule has 1 unspecified atom stereocenters. The molecule has 1 aromatic rings. The van der Waals surface area contributed by atoms with Crippen LogP contribution in [0.3, 0.4) is 0 Å². The smallest absolute Gasteiger partial charge is 0.342 e. The monoisotopic (exact) mass is 215 g/mol. The van der Waals surface area contributed by atoms with Crippen molar-refractivity contribution in [1.82, 2.24) is 9.55 Å². The zero-order valence-corrected chi connectivity index (χ0v) is 8.58. The fraction of sp³-hybridized carbons (Fsp3) is 0.625. The minimum atomic E-state index is -0.776. The van der Waals surface area contributed by atoms with Crippen LogP contribution in [-0.2, 0) is 11.3 Å². The van der Waals surface area contributed by atoms with Crippen molar-refractivity contribution in [2.75, 3.05) is 13.7 Å². The normalized spacial score (nSPS) is 12.7. The molecule has 1 aromatic heterocycles. The van der Waals surface area contributed by atoms with E-state index in [4.69, 9.17) is 4.74 Å². The molecule has 1 N–H and O–H groups in total. The maximum Gasteiger partial charge on any atom is 0.342 e. The Kier molecular flexibility index (Phi) is 3.75.